The molecule has 3 rings (SSSR count). The molecule has 0 aromatic carbocycles. The van der Waals surface area contributed by atoms with Crippen molar-refractivity contribution in [2.24, 2.45) is 0 Å². The molecule has 3 heterocycles. The summed E-state index contributed by atoms with van der Waals surface area (Å²) in [6, 6.07) is 4.07. The molecule has 0 spiro atoms. The van der Waals surface area contributed by atoms with Crippen molar-refractivity contribution in [3.05, 3.63) is 55.3 Å². The lowest BCUT2D eigenvalue weighted by atomic mass is 10.1. The van der Waals surface area contributed by atoms with Gasteiger partial charge in [-0.15, -0.1) is 11.8 Å². The maximum Gasteiger partial charge on any atom is 0.196 e. The number of Topliss-reactive ketones (excluding diaryl/α,β-unsaturated/α-hetero) is 1. The van der Waals surface area contributed by atoms with Gasteiger partial charge in [0.15, 0.2) is 5.78 Å². The van der Waals surface area contributed by atoms with Crippen LogP contribution in [-0.2, 0) is 4.79 Å². The van der Waals surface area contributed by atoms with Gasteiger partial charge in [0.1, 0.15) is 0 Å². The number of rotatable bonds is 2. The molecule has 1 fully saturated rings. The summed E-state index contributed by atoms with van der Waals surface area (Å²) in [6.45, 7) is 0. The second-order valence-electron chi connectivity index (χ2n) is 3.91. The Kier molecular flexibility index (Phi) is 3.50. The summed E-state index contributed by atoms with van der Waals surface area (Å²) in [4.78, 5) is 13.1. The second kappa shape index (κ2) is 5.26. The van der Waals surface area contributed by atoms with Crippen LogP contribution in [0.2, 0.25) is 0 Å². The third kappa shape index (κ3) is 2.51. The van der Waals surface area contributed by atoms with Crippen LogP contribution in [-0.4, -0.2) is 11.5 Å². The minimum Gasteiger partial charge on any atom is -0.288 e. The Balaban J connectivity index is 1.85. The number of thiophene rings is 2. The molecule has 1 aliphatic rings. The van der Waals surface area contributed by atoms with Crippen LogP contribution in [0.5, 0.6) is 0 Å². The number of carbonyl (C=O) groups is 1. The highest BCUT2D eigenvalue weighted by atomic mass is 32.2. The van der Waals surface area contributed by atoms with E-state index in [1.165, 1.54) is 0 Å². The number of thioether (sulfide) groups is 1. The molecule has 0 bridgehead atoms. The first-order valence-corrected chi connectivity index (χ1v) is 8.34. The summed E-state index contributed by atoms with van der Waals surface area (Å²) in [7, 11) is 0. The van der Waals surface area contributed by atoms with Crippen molar-refractivity contribution in [3.63, 3.8) is 0 Å². The van der Waals surface area contributed by atoms with Crippen molar-refractivity contribution < 1.29 is 4.79 Å². The summed E-state index contributed by atoms with van der Waals surface area (Å²) in [6.07, 6.45) is 3.98. The van der Waals surface area contributed by atoms with Crippen LogP contribution in [0.3, 0.4) is 0 Å². The maximum absolute atomic E-state index is 12.2. The lowest BCUT2D eigenvalue weighted by Gasteiger charge is -1.92. The van der Waals surface area contributed by atoms with Gasteiger partial charge in [0.05, 0.1) is 4.91 Å². The lowest BCUT2D eigenvalue weighted by Crippen LogP contribution is -1.95. The molecule has 1 aliphatic heterocycles. The van der Waals surface area contributed by atoms with Crippen molar-refractivity contribution in [1.82, 2.24) is 0 Å². The quantitative estimate of drug-likeness (QED) is 0.755. The van der Waals surface area contributed by atoms with Gasteiger partial charge in [-0.2, -0.15) is 22.7 Å². The van der Waals surface area contributed by atoms with Gasteiger partial charge in [-0.3, -0.25) is 4.79 Å². The SMILES string of the molecule is O=C1C(=Cc2ccsc2)CSC1=Cc1ccsc1. The standard InChI is InChI=1S/C14H10OS3/c15-14-12(5-10-1-3-16-7-10)9-18-13(14)6-11-2-4-17-8-11/h1-8H,9H2. The van der Waals surface area contributed by atoms with E-state index < -0.39 is 0 Å². The van der Waals surface area contributed by atoms with Crippen molar-refractivity contribution in [2.45, 2.75) is 0 Å². The van der Waals surface area contributed by atoms with E-state index in [1.54, 1.807) is 34.4 Å². The van der Waals surface area contributed by atoms with Crippen molar-refractivity contribution in [3.8, 4) is 0 Å². The third-order valence-electron chi connectivity index (χ3n) is 2.62. The third-order valence-corrected chi connectivity index (χ3v) is 5.10. The normalized spacial score (nSPS) is 20.1. The lowest BCUT2D eigenvalue weighted by molar-refractivity contribution is -0.111. The van der Waals surface area contributed by atoms with Gasteiger partial charge < -0.3 is 0 Å². The minimum atomic E-state index is 0.178. The van der Waals surface area contributed by atoms with E-state index in [2.05, 4.69) is 10.8 Å². The monoisotopic (exact) mass is 290 g/mol. The molecule has 0 aliphatic carbocycles. The topological polar surface area (TPSA) is 17.1 Å². The number of allylic oxidation sites excluding steroid dienone is 1. The van der Waals surface area contributed by atoms with E-state index in [1.807, 2.05) is 35.0 Å². The molecule has 1 saturated heterocycles. The van der Waals surface area contributed by atoms with Crippen LogP contribution in [0, 0.1) is 0 Å². The van der Waals surface area contributed by atoms with Crippen LogP contribution in [0.15, 0.2) is 44.1 Å². The van der Waals surface area contributed by atoms with Gasteiger partial charge in [-0.05, 0) is 56.9 Å². The predicted octanol–water partition coefficient (Wildman–Crippen LogP) is 4.55. The molecule has 0 saturated carbocycles. The Labute approximate surface area is 118 Å². The summed E-state index contributed by atoms with van der Waals surface area (Å²) in [5, 5.41) is 8.17. The first-order valence-electron chi connectivity index (χ1n) is 5.47. The van der Waals surface area contributed by atoms with Gasteiger partial charge in [-0.1, -0.05) is 0 Å². The first-order chi connectivity index (χ1) is 8.83. The highest BCUT2D eigenvalue weighted by Gasteiger charge is 2.23. The first kappa shape index (κ1) is 12.0. The number of hydrogen-bond donors (Lipinski definition) is 0. The highest BCUT2D eigenvalue weighted by molar-refractivity contribution is 8.05. The van der Waals surface area contributed by atoms with Crippen LogP contribution >= 0.6 is 34.4 Å². The number of hydrogen-bond acceptors (Lipinski definition) is 4. The van der Waals surface area contributed by atoms with E-state index >= 15 is 0 Å². The zero-order valence-corrected chi connectivity index (χ0v) is 11.9. The van der Waals surface area contributed by atoms with Crippen LogP contribution < -0.4 is 0 Å². The van der Waals surface area contributed by atoms with Gasteiger partial charge in [0, 0.05) is 11.3 Å². The maximum atomic E-state index is 12.2. The highest BCUT2D eigenvalue weighted by Crippen LogP contribution is 2.34. The second-order valence-corrected chi connectivity index (χ2v) is 6.49. The molecular formula is C14H10OS3. The van der Waals surface area contributed by atoms with Crippen LogP contribution in [0.4, 0.5) is 0 Å². The Hall–Kier alpha value is -1.10. The average molecular weight is 290 g/mol. The largest absolute Gasteiger partial charge is 0.288 e. The zero-order chi connectivity index (χ0) is 12.4. The van der Waals surface area contributed by atoms with Gasteiger partial charge in [-0.25, -0.2) is 0 Å². The summed E-state index contributed by atoms with van der Waals surface area (Å²) in [5.74, 6) is 0.961. The Bertz CT molecular complexity index is 549. The van der Waals surface area contributed by atoms with Crippen molar-refractivity contribution in [1.29, 1.82) is 0 Å². The van der Waals surface area contributed by atoms with E-state index in [0.29, 0.717) is 0 Å². The minimum absolute atomic E-state index is 0.178. The fourth-order valence-corrected chi connectivity index (χ4v) is 3.97. The van der Waals surface area contributed by atoms with E-state index in [4.69, 9.17) is 0 Å². The Morgan fingerprint density at radius 3 is 2.28 bits per heavy atom. The molecule has 4 heteroatoms. The van der Waals surface area contributed by atoms with Gasteiger partial charge >= 0.3 is 0 Å². The fraction of sp³-hybridized carbons (Fsp3) is 0.0714. The van der Waals surface area contributed by atoms with Gasteiger partial charge in [0.25, 0.3) is 0 Å². The average Bonchev–Trinajstić information content (AvgIpc) is 3.08. The van der Waals surface area contributed by atoms with Crippen LogP contribution in [0.25, 0.3) is 12.2 Å². The molecule has 0 unspecified atom stereocenters. The molecule has 18 heavy (non-hydrogen) atoms. The van der Waals surface area contributed by atoms with Crippen LogP contribution in [0.1, 0.15) is 11.1 Å². The molecule has 90 valence electrons. The summed E-state index contributed by atoms with van der Waals surface area (Å²) in [5.41, 5.74) is 3.15. The molecule has 2 aromatic heterocycles. The van der Waals surface area contributed by atoms with E-state index in [0.717, 1.165) is 27.4 Å². The molecule has 0 atom stereocenters. The Morgan fingerprint density at radius 2 is 1.67 bits per heavy atom. The number of ketones is 1. The molecular weight excluding hydrogens is 280 g/mol. The molecule has 0 amide bonds. The van der Waals surface area contributed by atoms with E-state index in [-0.39, 0.29) is 5.78 Å². The smallest absolute Gasteiger partial charge is 0.196 e. The molecule has 1 nitrogen and oxygen atoms in total. The van der Waals surface area contributed by atoms with E-state index in [9.17, 15) is 4.79 Å². The zero-order valence-electron chi connectivity index (χ0n) is 9.46. The predicted molar refractivity (Wildman–Crippen MR) is 82.1 cm³/mol. The van der Waals surface area contributed by atoms with Crippen molar-refractivity contribution >= 4 is 52.4 Å². The summed E-state index contributed by atoms with van der Waals surface area (Å²) < 4.78 is 0. The number of carbonyl (C=O) groups excluding carboxylic acids is 1. The van der Waals surface area contributed by atoms with Crippen molar-refractivity contribution in [2.75, 3.05) is 5.75 Å². The fourth-order valence-electron chi connectivity index (χ4n) is 1.73. The molecule has 2 aromatic rings. The summed E-state index contributed by atoms with van der Waals surface area (Å²) >= 11 is 4.93. The molecule has 0 radical (unpaired) electrons. The molecule has 0 N–H and O–H groups in total. The Morgan fingerprint density at radius 1 is 1.00 bits per heavy atom. The van der Waals surface area contributed by atoms with Gasteiger partial charge in [0.2, 0.25) is 0 Å².